The largest absolute Gasteiger partial charge is 0.507 e. The molecule has 0 heterocycles. The molecule has 5 atom stereocenters. The highest BCUT2D eigenvalue weighted by molar-refractivity contribution is 6.31. The minimum Gasteiger partial charge on any atom is -0.507 e. The van der Waals surface area contributed by atoms with E-state index in [-0.39, 0.29) is 30.6 Å². The van der Waals surface area contributed by atoms with E-state index in [2.05, 4.69) is 0 Å². The molecule has 0 radical (unpaired) electrons. The van der Waals surface area contributed by atoms with Gasteiger partial charge in [-0.25, -0.2) is 0 Å². The second-order valence-electron chi connectivity index (χ2n) is 9.51. The number of aliphatic hydroxyl groups is 1. The fourth-order valence-corrected chi connectivity index (χ4v) is 5.90. The van der Waals surface area contributed by atoms with Crippen LogP contribution in [-0.4, -0.2) is 44.9 Å². The number of Topliss-reactive ketones (excluding diaryl/α,β-unsaturated/α-hetero) is 4. The minimum atomic E-state index is -2.64. The maximum Gasteiger partial charge on any atom is 0.235 e. The molecule has 1 amide bonds. The first-order chi connectivity index (χ1) is 16.6. The number of benzene rings is 2. The van der Waals surface area contributed by atoms with Gasteiger partial charge in [-0.2, -0.15) is 0 Å². The van der Waals surface area contributed by atoms with Crippen LogP contribution in [0.15, 0.2) is 42.5 Å². The summed E-state index contributed by atoms with van der Waals surface area (Å²) in [6, 6.07) is 12.6. The van der Waals surface area contributed by atoms with Gasteiger partial charge in [-0.3, -0.25) is 24.0 Å². The average molecular weight is 473 g/mol. The number of amides is 1. The molecule has 5 rings (SSSR count). The third-order valence-electron chi connectivity index (χ3n) is 7.58. The minimum absolute atomic E-state index is 0.0114. The lowest BCUT2D eigenvalue weighted by Crippen LogP contribution is -2.68. The van der Waals surface area contributed by atoms with Gasteiger partial charge >= 0.3 is 0 Å². The number of phenolic OH excluding ortho intramolecular Hbond substituents is 1. The van der Waals surface area contributed by atoms with Crippen LogP contribution in [0.4, 0.5) is 0 Å². The second-order valence-corrected chi connectivity index (χ2v) is 9.51. The number of carbonyl (C=O) groups is 5. The molecule has 2 aromatic rings. The van der Waals surface area contributed by atoms with Crippen LogP contribution in [0.3, 0.4) is 0 Å². The predicted octanol–water partition coefficient (Wildman–Crippen LogP) is 1.50. The number of ketones is 4. The normalized spacial score (nSPS) is 30.1. The average Bonchev–Trinajstić information content (AvgIpc) is 2.81. The van der Waals surface area contributed by atoms with E-state index in [4.69, 9.17) is 5.73 Å². The highest BCUT2D eigenvalue weighted by Crippen LogP contribution is 2.50. The van der Waals surface area contributed by atoms with Gasteiger partial charge in [-0.05, 0) is 41.5 Å². The number of carbonyl (C=O) groups excluding carboxylic acids is 5. The monoisotopic (exact) mass is 473 g/mol. The smallest absolute Gasteiger partial charge is 0.235 e. The van der Waals surface area contributed by atoms with Gasteiger partial charge in [0.1, 0.15) is 5.75 Å². The van der Waals surface area contributed by atoms with Crippen molar-refractivity contribution in [1.29, 1.82) is 0 Å². The van der Waals surface area contributed by atoms with Crippen molar-refractivity contribution >= 4 is 41.2 Å². The van der Waals surface area contributed by atoms with Gasteiger partial charge in [0.25, 0.3) is 0 Å². The standard InChI is InChI=1S/C27H23NO7/c28-26(34)22-19(30)12-16-10-15-11-17-14(7-6-13-4-2-1-3-5-13)8-9-18(29)21(17)23(31)20(15)24(32)27(16,35)25(22)33/h1-9,15-16,20,22,29,35H,10-12H2,(H2,28,34)/b7-6+/t15-,16+,20?,22?,27+/m1/s1. The molecule has 0 bridgehead atoms. The number of primary amides is 1. The van der Waals surface area contributed by atoms with Crippen LogP contribution < -0.4 is 5.73 Å². The summed E-state index contributed by atoms with van der Waals surface area (Å²) in [5.41, 5.74) is 4.76. The van der Waals surface area contributed by atoms with Gasteiger partial charge in [-0.15, -0.1) is 0 Å². The van der Waals surface area contributed by atoms with Crippen LogP contribution in [0.25, 0.3) is 12.2 Å². The van der Waals surface area contributed by atoms with Gasteiger partial charge < -0.3 is 15.9 Å². The molecular weight excluding hydrogens is 450 g/mol. The summed E-state index contributed by atoms with van der Waals surface area (Å²) < 4.78 is 0. The molecule has 0 aliphatic heterocycles. The van der Waals surface area contributed by atoms with Gasteiger partial charge in [-0.1, -0.05) is 48.6 Å². The van der Waals surface area contributed by atoms with E-state index in [1.54, 1.807) is 6.07 Å². The topological polar surface area (TPSA) is 152 Å². The fraction of sp³-hybridized carbons (Fsp3) is 0.296. The number of aromatic hydroxyl groups is 1. The van der Waals surface area contributed by atoms with Crippen LogP contribution in [0.1, 0.15) is 39.9 Å². The summed E-state index contributed by atoms with van der Waals surface area (Å²) in [7, 11) is 0. The fourth-order valence-electron chi connectivity index (χ4n) is 5.90. The first-order valence-electron chi connectivity index (χ1n) is 11.4. The Morgan fingerprint density at radius 2 is 1.69 bits per heavy atom. The SMILES string of the molecule is NC(=O)C1C(=O)C[C@@H]2C[C@@H]3Cc4c(/C=C/c5ccccc5)ccc(O)c4C(=O)C3C(=O)[C@]2(O)C1=O. The van der Waals surface area contributed by atoms with E-state index in [0.29, 0.717) is 11.1 Å². The lowest BCUT2D eigenvalue weighted by atomic mass is 9.53. The molecule has 3 aliphatic carbocycles. The summed E-state index contributed by atoms with van der Waals surface area (Å²) in [5.74, 6) is -10.1. The first-order valence-corrected chi connectivity index (χ1v) is 11.4. The summed E-state index contributed by atoms with van der Waals surface area (Å²) in [5, 5.41) is 21.7. The predicted molar refractivity (Wildman–Crippen MR) is 124 cm³/mol. The Labute approximate surface area is 200 Å². The van der Waals surface area contributed by atoms with E-state index < -0.39 is 58.3 Å². The number of nitrogens with two attached hydrogens (primary N) is 1. The van der Waals surface area contributed by atoms with Gasteiger partial charge in [0.2, 0.25) is 5.91 Å². The zero-order chi connectivity index (χ0) is 25.1. The first kappa shape index (κ1) is 22.9. The lowest BCUT2D eigenvalue weighted by Gasteiger charge is -2.48. The summed E-state index contributed by atoms with van der Waals surface area (Å²) >= 11 is 0. The van der Waals surface area contributed by atoms with Crippen LogP contribution in [0, 0.1) is 23.7 Å². The molecule has 2 aromatic carbocycles. The Balaban J connectivity index is 1.56. The number of fused-ring (bicyclic) bond motifs is 3. The molecule has 0 spiro atoms. The maximum atomic E-state index is 13.5. The maximum absolute atomic E-state index is 13.5. The van der Waals surface area contributed by atoms with Gasteiger partial charge in [0, 0.05) is 12.3 Å². The molecule has 178 valence electrons. The Bertz CT molecular complexity index is 1330. The van der Waals surface area contributed by atoms with E-state index in [1.807, 2.05) is 42.5 Å². The summed E-state index contributed by atoms with van der Waals surface area (Å²) in [4.78, 5) is 64.1. The van der Waals surface area contributed by atoms with Crippen LogP contribution in [0.5, 0.6) is 5.75 Å². The highest BCUT2D eigenvalue weighted by atomic mass is 16.3. The third kappa shape index (κ3) is 3.36. The number of hydrogen-bond donors (Lipinski definition) is 3. The molecule has 2 unspecified atom stereocenters. The van der Waals surface area contributed by atoms with Crippen molar-refractivity contribution in [1.82, 2.24) is 0 Å². The van der Waals surface area contributed by atoms with Crippen molar-refractivity contribution < 1.29 is 34.2 Å². The zero-order valence-electron chi connectivity index (χ0n) is 18.6. The highest BCUT2D eigenvalue weighted by Gasteiger charge is 2.66. The molecular formula is C27H23NO7. The van der Waals surface area contributed by atoms with Crippen molar-refractivity contribution in [3.05, 3.63) is 64.7 Å². The number of hydrogen-bond acceptors (Lipinski definition) is 7. The zero-order valence-corrected chi connectivity index (χ0v) is 18.6. The van der Waals surface area contributed by atoms with E-state index in [0.717, 1.165) is 5.56 Å². The van der Waals surface area contributed by atoms with E-state index in [9.17, 15) is 34.2 Å². The molecule has 8 nitrogen and oxygen atoms in total. The van der Waals surface area contributed by atoms with Crippen molar-refractivity contribution in [2.75, 3.05) is 0 Å². The van der Waals surface area contributed by atoms with Gasteiger partial charge in [0.05, 0.1) is 11.5 Å². The molecule has 2 saturated carbocycles. The van der Waals surface area contributed by atoms with E-state index in [1.165, 1.54) is 6.07 Å². The Morgan fingerprint density at radius 3 is 2.37 bits per heavy atom. The Kier molecular flexibility index (Phi) is 5.29. The van der Waals surface area contributed by atoms with Crippen molar-refractivity contribution in [2.45, 2.75) is 24.9 Å². The molecule has 2 fully saturated rings. The molecule has 8 heteroatoms. The number of rotatable bonds is 3. The van der Waals surface area contributed by atoms with Gasteiger partial charge in [0.15, 0.2) is 34.7 Å². The number of phenols is 1. The third-order valence-corrected chi connectivity index (χ3v) is 7.58. The van der Waals surface area contributed by atoms with Crippen molar-refractivity contribution in [3.63, 3.8) is 0 Å². The Hall–Kier alpha value is -3.91. The molecule has 0 aromatic heterocycles. The van der Waals surface area contributed by atoms with E-state index >= 15 is 0 Å². The molecule has 35 heavy (non-hydrogen) atoms. The second kappa shape index (κ2) is 8.09. The lowest BCUT2D eigenvalue weighted by molar-refractivity contribution is -0.175. The van der Waals surface area contributed by atoms with Crippen molar-refractivity contribution in [3.8, 4) is 5.75 Å². The molecule has 4 N–H and O–H groups in total. The summed E-state index contributed by atoms with van der Waals surface area (Å²) in [6.45, 7) is 0. The molecule has 0 saturated heterocycles. The quantitative estimate of drug-likeness (QED) is 0.451. The Morgan fingerprint density at radius 1 is 0.971 bits per heavy atom. The van der Waals surface area contributed by atoms with Crippen LogP contribution in [-0.2, 0) is 25.6 Å². The van der Waals surface area contributed by atoms with Crippen LogP contribution in [0.2, 0.25) is 0 Å². The van der Waals surface area contributed by atoms with Crippen molar-refractivity contribution in [2.24, 2.45) is 29.4 Å². The summed E-state index contributed by atoms with van der Waals surface area (Å²) in [6.07, 6.45) is 3.66. The molecule has 3 aliphatic rings. The van der Waals surface area contributed by atoms with Crippen LogP contribution >= 0.6 is 0 Å².